The lowest BCUT2D eigenvalue weighted by Crippen LogP contribution is -2.52. The summed E-state index contributed by atoms with van der Waals surface area (Å²) in [6.45, 7) is 9.81. The molecule has 1 spiro atoms. The van der Waals surface area contributed by atoms with Crippen LogP contribution in [0.25, 0.3) is 0 Å². The SMILES string of the molecule is CC(=O)N[C@@H](Cc1cccc(F)c1)[C@@H](O)CN[C@H]1CC2(CCC2)Oc2c1cc(CC(C)(C)C)nc2NC1CCOCC1. The van der Waals surface area contributed by atoms with Gasteiger partial charge in [-0.2, -0.15) is 0 Å². The van der Waals surface area contributed by atoms with Gasteiger partial charge >= 0.3 is 0 Å². The van der Waals surface area contributed by atoms with Crippen molar-refractivity contribution >= 4 is 11.7 Å². The van der Waals surface area contributed by atoms with Gasteiger partial charge in [-0.05, 0) is 74.1 Å². The van der Waals surface area contributed by atoms with Gasteiger partial charge in [0.2, 0.25) is 5.91 Å². The molecule has 2 fully saturated rings. The van der Waals surface area contributed by atoms with Crippen molar-refractivity contribution in [1.82, 2.24) is 15.6 Å². The van der Waals surface area contributed by atoms with Crippen molar-refractivity contribution in [3.8, 4) is 5.75 Å². The number of hydrogen-bond acceptors (Lipinski definition) is 7. The van der Waals surface area contributed by atoms with Crippen LogP contribution < -0.4 is 20.7 Å². The molecule has 3 aliphatic rings. The van der Waals surface area contributed by atoms with E-state index >= 15 is 0 Å². The number of anilines is 1. The average molecular weight is 583 g/mol. The molecule has 0 radical (unpaired) electrons. The van der Waals surface area contributed by atoms with Crippen LogP contribution in [0.5, 0.6) is 5.75 Å². The Morgan fingerprint density at radius 2 is 1.98 bits per heavy atom. The van der Waals surface area contributed by atoms with E-state index in [0.717, 1.165) is 86.5 Å². The molecule has 0 bridgehead atoms. The van der Waals surface area contributed by atoms with Gasteiger partial charge in [0.15, 0.2) is 11.6 Å². The van der Waals surface area contributed by atoms with Crippen molar-refractivity contribution in [2.45, 2.75) is 109 Å². The van der Waals surface area contributed by atoms with E-state index in [0.29, 0.717) is 6.42 Å². The van der Waals surface area contributed by atoms with Gasteiger partial charge in [-0.15, -0.1) is 0 Å². The summed E-state index contributed by atoms with van der Waals surface area (Å²) in [5, 5.41) is 21.5. The molecule has 1 saturated heterocycles. The summed E-state index contributed by atoms with van der Waals surface area (Å²) in [5.74, 6) is 1.05. The van der Waals surface area contributed by atoms with Crippen molar-refractivity contribution in [1.29, 1.82) is 0 Å². The molecule has 42 heavy (non-hydrogen) atoms. The highest BCUT2D eigenvalue weighted by molar-refractivity contribution is 5.73. The highest BCUT2D eigenvalue weighted by atomic mass is 19.1. The summed E-state index contributed by atoms with van der Waals surface area (Å²) in [6.07, 6.45) is 6.02. The lowest BCUT2D eigenvalue weighted by Gasteiger charge is -2.48. The van der Waals surface area contributed by atoms with E-state index in [4.69, 9.17) is 14.5 Å². The van der Waals surface area contributed by atoms with Gasteiger partial charge in [0.25, 0.3) is 0 Å². The third-order valence-electron chi connectivity index (χ3n) is 8.63. The third kappa shape index (κ3) is 7.79. The summed E-state index contributed by atoms with van der Waals surface area (Å²) in [5.41, 5.74) is 2.61. The van der Waals surface area contributed by atoms with Crippen molar-refractivity contribution in [2.75, 3.05) is 25.1 Å². The van der Waals surface area contributed by atoms with Crippen LogP contribution in [0.2, 0.25) is 0 Å². The number of carbonyl (C=O) groups is 1. The largest absolute Gasteiger partial charge is 0.483 e. The molecule has 230 valence electrons. The number of ether oxygens (including phenoxy) is 2. The van der Waals surface area contributed by atoms with E-state index in [2.05, 4.69) is 42.8 Å². The number of halogens is 1. The van der Waals surface area contributed by atoms with Crippen LogP contribution in [-0.4, -0.2) is 59.5 Å². The fourth-order valence-electron chi connectivity index (χ4n) is 6.41. The Morgan fingerprint density at radius 3 is 2.62 bits per heavy atom. The van der Waals surface area contributed by atoms with Crippen molar-refractivity contribution < 1.29 is 23.8 Å². The highest BCUT2D eigenvalue weighted by Gasteiger charge is 2.47. The molecular weight excluding hydrogens is 535 g/mol. The number of pyridine rings is 1. The molecular formula is C33H47FN4O4. The Labute approximate surface area is 249 Å². The van der Waals surface area contributed by atoms with Gasteiger partial charge in [-0.25, -0.2) is 9.37 Å². The number of carbonyl (C=O) groups excluding carboxylic acids is 1. The number of amides is 1. The number of nitrogens with zero attached hydrogens (tertiary/aromatic N) is 1. The Hall–Kier alpha value is -2.75. The first kappa shape index (κ1) is 30.7. The van der Waals surface area contributed by atoms with E-state index < -0.39 is 12.1 Å². The molecule has 9 heteroatoms. The third-order valence-corrected chi connectivity index (χ3v) is 8.63. The number of rotatable bonds is 10. The second-order valence-electron chi connectivity index (χ2n) is 13.7. The van der Waals surface area contributed by atoms with Crippen molar-refractivity contribution in [3.63, 3.8) is 0 Å². The molecule has 8 nitrogen and oxygen atoms in total. The van der Waals surface area contributed by atoms with Crippen LogP contribution >= 0.6 is 0 Å². The Kier molecular flexibility index (Phi) is 9.40. The lowest BCUT2D eigenvalue weighted by atomic mass is 9.72. The number of aliphatic hydroxyl groups is 1. The first-order valence-electron chi connectivity index (χ1n) is 15.5. The number of aliphatic hydroxyl groups excluding tert-OH is 1. The van der Waals surface area contributed by atoms with Gasteiger partial charge in [-0.3, -0.25) is 4.79 Å². The molecule has 1 aromatic carbocycles. The summed E-state index contributed by atoms with van der Waals surface area (Å²) < 4.78 is 26.2. The first-order valence-corrected chi connectivity index (χ1v) is 15.5. The summed E-state index contributed by atoms with van der Waals surface area (Å²) in [6, 6.07) is 8.13. The van der Waals surface area contributed by atoms with Crippen LogP contribution in [0.3, 0.4) is 0 Å². The second-order valence-corrected chi connectivity index (χ2v) is 13.7. The quantitative estimate of drug-likeness (QED) is 0.318. The van der Waals surface area contributed by atoms with Crippen LogP contribution in [0.1, 0.15) is 89.1 Å². The van der Waals surface area contributed by atoms with Crippen LogP contribution in [0.4, 0.5) is 10.2 Å². The molecule has 1 aliphatic carbocycles. The molecule has 0 unspecified atom stereocenters. The zero-order valence-corrected chi connectivity index (χ0v) is 25.5. The summed E-state index contributed by atoms with van der Waals surface area (Å²) in [7, 11) is 0. The molecule has 4 N–H and O–H groups in total. The topological polar surface area (TPSA) is 105 Å². The minimum atomic E-state index is -0.878. The van der Waals surface area contributed by atoms with E-state index in [1.165, 1.54) is 19.1 Å². The lowest BCUT2D eigenvalue weighted by molar-refractivity contribution is -0.120. The standard InChI is InChI=1S/C33H47FN4O4/c1-21(39)36-27(16-22-7-5-8-23(34)15-22)29(40)20-35-28-19-33(11-6-12-33)42-30-26(28)17-25(18-32(2,3)4)38-31(30)37-24-9-13-41-14-10-24/h5,7-8,15,17,24,27-29,35,40H,6,9-14,16,18-20H2,1-4H3,(H,36,39)(H,37,38)/t27-,28-,29-/m0/s1. The van der Waals surface area contributed by atoms with Gasteiger partial charge in [0, 0.05) is 56.4 Å². The predicted molar refractivity (Wildman–Crippen MR) is 161 cm³/mol. The normalized spacial score (nSPS) is 21.5. The number of nitrogens with one attached hydrogen (secondary N) is 3. The molecule has 3 atom stereocenters. The Bertz CT molecular complexity index is 1240. The monoisotopic (exact) mass is 582 g/mol. The zero-order valence-electron chi connectivity index (χ0n) is 25.5. The number of benzene rings is 1. The minimum Gasteiger partial charge on any atom is -0.483 e. The molecule has 1 amide bonds. The number of fused-ring (bicyclic) bond motifs is 1. The average Bonchev–Trinajstić information content (AvgIpc) is 2.90. The van der Waals surface area contributed by atoms with Gasteiger partial charge in [0.05, 0.1) is 12.1 Å². The number of aromatic nitrogens is 1. The van der Waals surface area contributed by atoms with Crippen LogP contribution in [0, 0.1) is 11.2 Å². The highest BCUT2D eigenvalue weighted by Crippen LogP contribution is 2.51. The Balaban J connectivity index is 1.40. The maximum absolute atomic E-state index is 13.9. The van der Waals surface area contributed by atoms with Crippen LogP contribution in [-0.2, 0) is 22.4 Å². The van der Waals surface area contributed by atoms with E-state index in [-0.39, 0.29) is 41.4 Å². The van der Waals surface area contributed by atoms with Gasteiger partial charge < -0.3 is 30.5 Å². The Morgan fingerprint density at radius 1 is 1.21 bits per heavy atom. The second kappa shape index (κ2) is 12.9. The molecule has 3 heterocycles. The van der Waals surface area contributed by atoms with Crippen molar-refractivity contribution in [2.24, 2.45) is 5.41 Å². The summed E-state index contributed by atoms with van der Waals surface area (Å²) in [4.78, 5) is 17.1. The van der Waals surface area contributed by atoms with E-state index in [9.17, 15) is 14.3 Å². The molecule has 2 aromatic rings. The van der Waals surface area contributed by atoms with Crippen molar-refractivity contribution in [3.05, 3.63) is 53.0 Å². The first-order chi connectivity index (χ1) is 20.0. The maximum Gasteiger partial charge on any atom is 0.217 e. The maximum atomic E-state index is 13.9. The van der Waals surface area contributed by atoms with Crippen LogP contribution in [0.15, 0.2) is 30.3 Å². The molecule has 1 saturated carbocycles. The van der Waals surface area contributed by atoms with Gasteiger partial charge in [0.1, 0.15) is 11.4 Å². The fourth-order valence-corrected chi connectivity index (χ4v) is 6.41. The van der Waals surface area contributed by atoms with E-state index in [1.54, 1.807) is 6.07 Å². The number of hydrogen-bond donors (Lipinski definition) is 4. The zero-order chi connectivity index (χ0) is 29.9. The minimum absolute atomic E-state index is 0.0483. The summed E-state index contributed by atoms with van der Waals surface area (Å²) >= 11 is 0. The molecule has 5 rings (SSSR count). The van der Waals surface area contributed by atoms with Gasteiger partial charge in [-0.1, -0.05) is 32.9 Å². The molecule has 1 aromatic heterocycles. The fraction of sp³-hybridized carbons (Fsp3) is 0.636. The predicted octanol–water partition coefficient (Wildman–Crippen LogP) is 4.84. The smallest absolute Gasteiger partial charge is 0.217 e. The molecule has 2 aliphatic heterocycles. The van der Waals surface area contributed by atoms with E-state index in [1.807, 2.05) is 6.07 Å².